The van der Waals surface area contributed by atoms with Gasteiger partial charge in [0.15, 0.2) is 0 Å². The number of nitrogens with two attached hydrogens (primary N) is 1. The van der Waals surface area contributed by atoms with Gasteiger partial charge in [-0.05, 0) is 24.6 Å². The summed E-state index contributed by atoms with van der Waals surface area (Å²) < 4.78 is 49.4. The number of aryl methyl sites for hydroxylation is 1. The molecule has 8 nitrogen and oxygen atoms in total. The van der Waals surface area contributed by atoms with Crippen molar-refractivity contribution in [3.63, 3.8) is 0 Å². The average molecular weight is 330 g/mol. The van der Waals surface area contributed by atoms with Crippen LogP contribution in [0.25, 0.3) is 0 Å². The molecule has 2 aromatic rings. The highest BCUT2D eigenvalue weighted by molar-refractivity contribution is 7.93. The summed E-state index contributed by atoms with van der Waals surface area (Å²) in [5.74, 6) is 0.249. The van der Waals surface area contributed by atoms with E-state index in [2.05, 4.69) is 14.9 Å². The smallest absolute Gasteiger partial charge is 0.263 e. The van der Waals surface area contributed by atoms with E-state index in [1.54, 1.807) is 0 Å². The highest BCUT2D eigenvalue weighted by Gasteiger charge is 2.19. The van der Waals surface area contributed by atoms with Crippen LogP contribution in [0.15, 0.2) is 40.3 Å². The number of anilines is 1. The first kappa shape index (κ1) is 15.5. The second-order valence-electron chi connectivity index (χ2n) is 4.25. The van der Waals surface area contributed by atoms with Gasteiger partial charge in [0.25, 0.3) is 10.0 Å². The molecule has 0 saturated heterocycles. The van der Waals surface area contributed by atoms with E-state index in [4.69, 9.17) is 5.14 Å². The summed E-state index contributed by atoms with van der Waals surface area (Å²) in [5.41, 5.74) is 0.696. The zero-order valence-corrected chi connectivity index (χ0v) is 12.7. The maximum Gasteiger partial charge on any atom is 0.263 e. The van der Waals surface area contributed by atoms with Crippen LogP contribution < -0.4 is 9.86 Å². The molecular weight excluding hydrogens is 316 g/mol. The predicted octanol–water partition coefficient (Wildman–Crippen LogP) is 0.420. The van der Waals surface area contributed by atoms with Crippen LogP contribution >= 0.6 is 0 Å². The molecule has 114 valence electrons. The van der Waals surface area contributed by atoms with Gasteiger partial charge in [-0.3, -0.25) is 9.82 Å². The van der Waals surface area contributed by atoms with Crippen molar-refractivity contribution >= 4 is 25.9 Å². The molecule has 0 atom stereocenters. The van der Waals surface area contributed by atoms with Crippen molar-refractivity contribution in [3.05, 3.63) is 36.0 Å². The van der Waals surface area contributed by atoms with Gasteiger partial charge in [-0.2, -0.15) is 5.10 Å². The molecule has 2 rings (SSSR count). The Morgan fingerprint density at radius 3 is 2.52 bits per heavy atom. The molecule has 0 aliphatic rings. The maximum atomic E-state index is 12.3. The number of hydrogen-bond donors (Lipinski definition) is 3. The number of benzene rings is 1. The van der Waals surface area contributed by atoms with Crippen LogP contribution in [-0.4, -0.2) is 27.0 Å². The molecule has 0 saturated carbocycles. The van der Waals surface area contributed by atoms with Crippen LogP contribution in [0.4, 0.5) is 5.82 Å². The van der Waals surface area contributed by atoms with Crippen LogP contribution in [0, 0.1) is 0 Å². The molecule has 0 unspecified atom stereocenters. The highest BCUT2D eigenvalue weighted by Crippen LogP contribution is 2.19. The molecule has 0 spiro atoms. The summed E-state index contributed by atoms with van der Waals surface area (Å²) in [6.07, 6.45) is 2.10. The minimum atomic E-state index is -3.97. The van der Waals surface area contributed by atoms with Crippen molar-refractivity contribution < 1.29 is 16.8 Å². The van der Waals surface area contributed by atoms with Crippen molar-refractivity contribution in [2.45, 2.75) is 23.1 Å². The molecule has 0 fully saturated rings. The van der Waals surface area contributed by atoms with Gasteiger partial charge in [-0.15, -0.1) is 0 Å². The third-order valence-corrected chi connectivity index (χ3v) is 5.04. The first-order valence-electron chi connectivity index (χ1n) is 5.92. The fourth-order valence-electron chi connectivity index (χ4n) is 1.68. The Morgan fingerprint density at radius 2 is 1.90 bits per heavy atom. The van der Waals surface area contributed by atoms with Crippen LogP contribution in [0.1, 0.15) is 12.5 Å². The summed E-state index contributed by atoms with van der Waals surface area (Å²) in [4.78, 5) is -0.476. The molecular formula is C11H14N4O4S2. The summed E-state index contributed by atoms with van der Waals surface area (Å²) >= 11 is 0. The molecule has 21 heavy (non-hydrogen) atoms. The largest absolute Gasteiger partial charge is 0.264 e. The van der Waals surface area contributed by atoms with Crippen molar-refractivity contribution in [1.29, 1.82) is 0 Å². The monoisotopic (exact) mass is 330 g/mol. The molecule has 0 aliphatic heterocycles. The lowest BCUT2D eigenvalue weighted by Crippen LogP contribution is -2.16. The number of nitrogens with zero attached hydrogens (tertiary/aromatic N) is 1. The minimum absolute atomic E-state index is 0.203. The van der Waals surface area contributed by atoms with Gasteiger partial charge in [0.1, 0.15) is 5.82 Å². The van der Waals surface area contributed by atoms with Gasteiger partial charge in [0, 0.05) is 5.56 Å². The van der Waals surface area contributed by atoms with Crippen molar-refractivity contribution in [1.82, 2.24) is 10.2 Å². The fraction of sp³-hybridized carbons (Fsp3) is 0.182. The summed E-state index contributed by atoms with van der Waals surface area (Å²) in [6.45, 7) is 1.85. The van der Waals surface area contributed by atoms with Gasteiger partial charge >= 0.3 is 0 Å². The molecule has 10 heteroatoms. The summed E-state index contributed by atoms with van der Waals surface area (Å²) in [5, 5.41) is 11.3. The standard InChI is InChI=1S/C11H14N4O4S2/c1-2-8-7-13-14-11(8)15-21(18,19)10-5-3-4-9(6-10)20(12,16)17/h3-7H,2H2,1H3,(H2,12,16,17)(H2,13,14,15). The predicted molar refractivity (Wildman–Crippen MR) is 76.6 cm³/mol. The first-order valence-corrected chi connectivity index (χ1v) is 8.95. The Bertz CT molecular complexity index is 856. The van der Waals surface area contributed by atoms with E-state index < -0.39 is 20.0 Å². The first-order chi connectivity index (χ1) is 9.74. The van der Waals surface area contributed by atoms with E-state index in [0.29, 0.717) is 12.0 Å². The number of sulfonamides is 2. The third kappa shape index (κ3) is 3.40. The molecule has 1 aromatic heterocycles. The van der Waals surface area contributed by atoms with Crippen molar-refractivity contribution in [3.8, 4) is 0 Å². The Hall–Kier alpha value is -1.91. The summed E-state index contributed by atoms with van der Waals surface area (Å²) in [6, 6.07) is 4.81. The fourth-order valence-corrected chi connectivity index (χ4v) is 3.42. The third-order valence-electron chi connectivity index (χ3n) is 2.78. The average Bonchev–Trinajstić information content (AvgIpc) is 2.84. The topological polar surface area (TPSA) is 135 Å². The molecule has 4 N–H and O–H groups in total. The number of primary sulfonamides is 1. The minimum Gasteiger partial charge on any atom is -0.264 e. The lowest BCUT2D eigenvalue weighted by Gasteiger charge is -2.08. The molecule has 0 radical (unpaired) electrons. The SMILES string of the molecule is CCc1cn[nH]c1NS(=O)(=O)c1cccc(S(N)(=O)=O)c1. The Balaban J connectivity index is 2.41. The van der Waals surface area contributed by atoms with Crippen LogP contribution in [0.3, 0.4) is 0 Å². The zero-order valence-electron chi connectivity index (χ0n) is 11.1. The van der Waals surface area contributed by atoms with Gasteiger partial charge in [0.2, 0.25) is 10.0 Å². The van der Waals surface area contributed by atoms with Gasteiger partial charge in [0.05, 0.1) is 16.0 Å². The second kappa shape index (κ2) is 5.47. The Kier molecular flexibility index (Phi) is 4.03. The Labute approximate surface area is 122 Å². The number of nitrogens with one attached hydrogen (secondary N) is 2. The lowest BCUT2D eigenvalue weighted by molar-refractivity contribution is 0.597. The molecule has 0 bridgehead atoms. The van der Waals surface area contributed by atoms with E-state index >= 15 is 0 Å². The molecule has 1 heterocycles. The Morgan fingerprint density at radius 1 is 1.24 bits per heavy atom. The maximum absolute atomic E-state index is 12.3. The van der Waals surface area contributed by atoms with E-state index in [9.17, 15) is 16.8 Å². The van der Waals surface area contributed by atoms with Crippen LogP contribution in [-0.2, 0) is 26.5 Å². The quantitative estimate of drug-likeness (QED) is 0.730. The number of H-pyrrole nitrogens is 1. The lowest BCUT2D eigenvalue weighted by atomic mass is 10.3. The van der Waals surface area contributed by atoms with E-state index in [1.807, 2.05) is 6.92 Å². The second-order valence-corrected chi connectivity index (χ2v) is 7.49. The number of aromatic amines is 1. The van der Waals surface area contributed by atoms with Crippen LogP contribution in [0.5, 0.6) is 0 Å². The highest BCUT2D eigenvalue weighted by atomic mass is 32.2. The molecule has 0 aliphatic carbocycles. The van der Waals surface area contributed by atoms with Gasteiger partial charge in [-0.1, -0.05) is 13.0 Å². The number of hydrogen-bond acceptors (Lipinski definition) is 5. The zero-order chi connectivity index (χ0) is 15.7. The van der Waals surface area contributed by atoms with E-state index in [1.165, 1.54) is 24.4 Å². The van der Waals surface area contributed by atoms with Gasteiger partial charge < -0.3 is 0 Å². The van der Waals surface area contributed by atoms with Gasteiger partial charge in [-0.25, -0.2) is 22.0 Å². The van der Waals surface area contributed by atoms with E-state index in [0.717, 1.165) is 6.07 Å². The summed E-state index contributed by atoms with van der Waals surface area (Å²) in [7, 11) is -7.91. The van der Waals surface area contributed by atoms with Crippen molar-refractivity contribution in [2.75, 3.05) is 4.72 Å². The normalized spacial score (nSPS) is 12.3. The molecule has 1 aromatic carbocycles. The number of aromatic nitrogens is 2. The van der Waals surface area contributed by atoms with Crippen molar-refractivity contribution in [2.24, 2.45) is 5.14 Å². The molecule has 0 amide bonds. The van der Waals surface area contributed by atoms with E-state index in [-0.39, 0.29) is 15.6 Å². The van der Waals surface area contributed by atoms with Crippen LogP contribution in [0.2, 0.25) is 0 Å². The number of rotatable bonds is 5.